The smallest absolute Gasteiger partial charge is 0.267 e. The predicted molar refractivity (Wildman–Crippen MR) is 99.0 cm³/mol. The number of benzene rings is 2. The molecule has 0 saturated carbocycles. The van der Waals surface area contributed by atoms with Gasteiger partial charge < -0.3 is 14.2 Å². The number of fused-ring (bicyclic) bond motifs is 1. The van der Waals surface area contributed by atoms with Gasteiger partial charge in [-0.3, -0.25) is 4.79 Å². The molecule has 0 bridgehead atoms. The highest BCUT2D eigenvalue weighted by atomic mass is 19.1. The van der Waals surface area contributed by atoms with Crippen LogP contribution in [0.2, 0.25) is 0 Å². The molecular formula is C20H16FN3O3. The van der Waals surface area contributed by atoms with Crippen LogP contribution >= 0.6 is 0 Å². The molecule has 0 radical (unpaired) electrons. The molecule has 4 rings (SSSR count). The summed E-state index contributed by atoms with van der Waals surface area (Å²) in [4.78, 5) is 17.2. The predicted octanol–water partition coefficient (Wildman–Crippen LogP) is 3.89. The van der Waals surface area contributed by atoms with Gasteiger partial charge in [0.25, 0.3) is 11.4 Å². The van der Waals surface area contributed by atoms with Gasteiger partial charge in [-0.15, -0.1) is 0 Å². The summed E-state index contributed by atoms with van der Waals surface area (Å²) in [6.45, 7) is 4.00. The molecule has 0 aliphatic rings. The van der Waals surface area contributed by atoms with Crippen LogP contribution in [0.4, 0.5) is 4.39 Å². The highest BCUT2D eigenvalue weighted by Gasteiger charge is 2.23. The third-order valence-electron chi connectivity index (χ3n) is 4.43. The Balaban J connectivity index is 1.95. The number of aromatic nitrogens is 3. The minimum atomic E-state index is -0.521. The van der Waals surface area contributed by atoms with Crippen molar-refractivity contribution in [2.24, 2.45) is 0 Å². The molecule has 27 heavy (non-hydrogen) atoms. The van der Waals surface area contributed by atoms with E-state index in [4.69, 9.17) is 4.52 Å². The second-order valence-corrected chi connectivity index (χ2v) is 6.23. The largest absolute Gasteiger partial charge is 0.506 e. The van der Waals surface area contributed by atoms with Crippen LogP contribution in [0.25, 0.3) is 33.7 Å². The van der Waals surface area contributed by atoms with Crippen LogP contribution in [-0.4, -0.2) is 19.8 Å². The molecule has 2 heterocycles. The molecule has 1 N–H and O–H groups in total. The number of hydrogen-bond acceptors (Lipinski definition) is 5. The summed E-state index contributed by atoms with van der Waals surface area (Å²) >= 11 is 0. The van der Waals surface area contributed by atoms with Crippen molar-refractivity contribution in [3.8, 4) is 28.6 Å². The van der Waals surface area contributed by atoms with E-state index in [2.05, 4.69) is 10.1 Å². The van der Waals surface area contributed by atoms with Gasteiger partial charge in [0.05, 0.1) is 5.52 Å². The topological polar surface area (TPSA) is 81.2 Å². The van der Waals surface area contributed by atoms with Crippen LogP contribution in [0, 0.1) is 12.7 Å². The summed E-state index contributed by atoms with van der Waals surface area (Å²) in [6.07, 6.45) is 0. The van der Waals surface area contributed by atoms with E-state index in [1.165, 1.54) is 22.8 Å². The summed E-state index contributed by atoms with van der Waals surface area (Å²) in [5.41, 5.74) is 1.46. The first-order valence-corrected chi connectivity index (χ1v) is 8.45. The van der Waals surface area contributed by atoms with Crippen LogP contribution in [0.3, 0.4) is 0 Å². The first-order chi connectivity index (χ1) is 13.0. The molecule has 6 nitrogen and oxygen atoms in total. The fourth-order valence-electron chi connectivity index (χ4n) is 3.14. The number of hydrogen-bond donors (Lipinski definition) is 1. The average molecular weight is 365 g/mol. The second kappa shape index (κ2) is 6.35. The fraction of sp³-hybridized carbons (Fsp3) is 0.150. The van der Waals surface area contributed by atoms with Crippen molar-refractivity contribution >= 4 is 10.9 Å². The molecule has 0 unspecified atom stereocenters. The molecule has 136 valence electrons. The molecule has 4 aromatic rings. The normalized spacial score (nSPS) is 11.2. The van der Waals surface area contributed by atoms with Gasteiger partial charge in [0, 0.05) is 17.5 Å². The Labute approximate surface area is 153 Å². The lowest BCUT2D eigenvalue weighted by molar-refractivity contribution is 0.425. The van der Waals surface area contributed by atoms with E-state index in [1.807, 2.05) is 31.2 Å². The van der Waals surface area contributed by atoms with Crippen molar-refractivity contribution in [2.75, 3.05) is 0 Å². The Bertz CT molecular complexity index is 1230. The fourth-order valence-corrected chi connectivity index (χ4v) is 3.14. The zero-order valence-electron chi connectivity index (χ0n) is 14.7. The summed E-state index contributed by atoms with van der Waals surface area (Å²) in [6, 6.07) is 11.4. The quantitative estimate of drug-likeness (QED) is 0.596. The van der Waals surface area contributed by atoms with Gasteiger partial charge >= 0.3 is 0 Å². The van der Waals surface area contributed by atoms with Crippen molar-refractivity contribution in [3.05, 3.63) is 64.2 Å². The maximum Gasteiger partial charge on any atom is 0.267 e. The SMILES string of the molecule is CCn1c(=O)c(-c2nc(-c3cccc(C)c3)no2)c(O)c2ccc(F)cc21. The molecule has 0 aliphatic carbocycles. The van der Waals surface area contributed by atoms with E-state index in [9.17, 15) is 14.3 Å². The van der Waals surface area contributed by atoms with Gasteiger partial charge in [-0.25, -0.2) is 4.39 Å². The van der Waals surface area contributed by atoms with E-state index in [0.717, 1.165) is 11.1 Å². The molecule has 7 heteroatoms. The Morgan fingerprint density at radius 1 is 1.22 bits per heavy atom. The van der Waals surface area contributed by atoms with Crippen molar-refractivity contribution < 1.29 is 14.0 Å². The second-order valence-electron chi connectivity index (χ2n) is 6.23. The summed E-state index contributed by atoms with van der Waals surface area (Å²) < 4.78 is 20.3. The molecule has 0 spiro atoms. The first-order valence-electron chi connectivity index (χ1n) is 8.45. The molecular weight excluding hydrogens is 349 g/mol. The third-order valence-corrected chi connectivity index (χ3v) is 4.43. The van der Waals surface area contributed by atoms with Crippen LogP contribution < -0.4 is 5.56 Å². The lowest BCUT2D eigenvalue weighted by atomic mass is 10.1. The minimum absolute atomic E-state index is 0.0811. The number of aryl methyl sites for hydroxylation is 2. The molecule has 0 fully saturated rings. The van der Waals surface area contributed by atoms with Crippen molar-refractivity contribution in [1.29, 1.82) is 0 Å². The van der Waals surface area contributed by atoms with Crippen LogP contribution in [0.15, 0.2) is 51.8 Å². The third kappa shape index (κ3) is 2.77. The lowest BCUT2D eigenvalue weighted by Crippen LogP contribution is -2.21. The van der Waals surface area contributed by atoms with Gasteiger partial charge in [-0.2, -0.15) is 4.98 Å². The number of aromatic hydroxyl groups is 1. The number of pyridine rings is 1. The highest BCUT2D eigenvalue weighted by molar-refractivity contribution is 5.91. The van der Waals surface area contributed by atoms with Crippen molar-refractivity contribution in [3.63, 3.8) is 0 Å². The van der Waals surface area contributed by atoms with E-state index in [1.54, 1.807) is 6.92 Å². The lowest BCUT2D eigenvalue weighted by Gasteiger charge is -2.11. The summed E-state index contributed by atoms with van der Waals surface area (Å²) in [5.74, 6) is -0.563. The number of halogens is 1. The highest BCUT2D eigenvalue weighted by Crippen LogP contribution is 2.33. The Morgan fingerprint density at radius 3 is 2.78 bits per heavy atom. The number of nitrogens with zero attached hydrogens (tertiary/aromatic N) is 3. The van der Waals surface area contributed by atoms with Crippen molar-refractivity contribution in [1.82, 2.24) is 14.7 Å². The standard InChI is InChI=1S/C20H16FN3O3/c1-3-24-15-10-13(21)7-8-14(15)17(25)16(20(24)26)19-22-18(23-27-19)12-6-4-5-11(2)9-12/h4-10,25H,3H2,1-2H3. The van der Waals surface area contributed by atoms with Crippen LogP contribution in [0.1, 0.15) is 12.5 Å². The minimum Gasteiger partial charge on any atom is -0.506 e. The molecule has 0 saturated heterocycles. The molecule has 0 amide bonds. The maximum absolute atomic E-state index is 13.6. The van der Waals surface area contributed by atoms with E-state index in [0.29, 0.717) is 23.3 Å². The van der Waals surface area contributed by atoms with Crippen LogP contribution in [-0.2, 0) is 6.54 Å². The van der Waals surface area contributed by atoms with E-state index >= 15 is 0 Å². The Hall–Kier alpha value is -3.48. The summed E-state index contributed by atoms with van der Waals surface area (Å²) in [7, 11) is 0. The first kappa shape index (κ1) is 17.0. The average Bonchev–Trinajstić information content (AvgIpc) is 3.12. The van der Waals surface area contributed by atoms with Gasteiger partial charge in [0.1, 0.15) is 17.1 Å². The molecule has 2 aromatic carbocycles. The summed E-state index contributed by atoms with van der Waals surface area (Å²) in [5, 5.41) is 14.9. The van der Waals surface area contributed by atoms with Gasteiger partial charge in [0.2, 0.25) is 5.82 Å². The Kier molecular flexibility index (Phi) is 3.99. The van der Waals surface area contributed by atoms with Crippen LogP contribution in [0.5, 0.6) is 5.75 Å². The maximum atomic E-state index is 13.6. The monoisotopic (exact) mass is 365 g/mol. The van der Waals surface area contributed by atoms with Gasteiger partial charge in [-0.05, 0) is 38.1 Å². The Morgan fingerprint density at radius 2 is 2.04 bits per heavy atom. The zero-order valence-corrected chi connectivity index (χ0v) is 14.7. The van der Waals surface area contributed by atoms with E-state index in [-0.39, 0.29) is 17.2 Å². The molecule has 0 atom stereocenters. The molecule has 0 aliphatic heterocycles. The zero-order chi connectivity index (χ0) is 19.1. The van der Waals surface area contributed by atoms with Crippen molar-refractivity contribution in [2.45, 2.75) is 20.4 Å². The number of rotatable bonds is 3. The van der Waals surface area contributed by atoms with Gasteiger partial charge in [0.15, 0.2) is 0 Å². The molecule has 2 aromatic heterocycles. The van der Waals surface area contributed by atoms with Gasteiger partial charge in [-0.1, -0.05) is 28.9 Å². The van der Waals surface area contributed by atoms with E-state index < -0.39 is 11.4 Å².